The van der Waals surface area contributed by atoms with Gasteiger partial charge in [-0.25, -0.2) is 0 Å². The zero-order valence-corrected chi connectivity index (χ0v) is 9.03. The average molecular weight is 267 g/mol. The molecule has 0 aliphatic carbocycles. The highest BCUT2D eigenvalue weighted by atomic mass is 79.9. The maximum Gasteiger partial charge on any atom is 0.123 e. The number of aliphatic hydroxyl groups is 2. The first-order valence-corrected chi connectivity index (χ1v) is 5.01. The normalized spacial score (nSPS) is 15.4. The van der Waals surface area contributed by atoms with Crippen LogP contribution in [0, 0.1) is 0 Å². The van der Waals surface area contributed by atoms with Crippen LogP contribution in [0.15, 0.2) is 22.8 Å². The second kappa shape index (κ2) is 4.91. The highest BCUT2D eigenvalue weighted by molar-refractivity contribution is 9.10. The Morgan fingerprint density at radius 3 is 2.62 bits per heavy atom. The van der Waals surface area contributed by atoms with Gasteiger partial charge in [0.15, 0.2) is 0 Å². The van der Waals surface area contributed by atoms with E-state index in [1.54, 1.807) is 18.3 Å². The van der Waals surface area contributed by atoms with E-state index < -0.39 is 12.2 Å². The van der Waals surface area contributed by atoms with Crippen LogP contribution in [0.1, 0.15) is 11.8 Å². The Kier molecular flexibility index (Phi) is 4.12. The predicted molar refractivity (Wildman–Crippen MR) is 53.6 cm³/mol. The summed E-state index contributed by atoms with van der Waals surface area (Å²) in [4.78, 5) is 3.93. The van der Waals surface area contributed by atoms with E-state index >= 15 is 0 Å². The zero-order valence-electron chi connectivity index (χ0n) is 6.69. The summed E-state index contributed by atoms with van der Waals surface area (Å²) in [6.07, 6.45) is -0.444. The number of alkyl halides is 1. The van der Waals surface area contributed by atoms with E-state index in [-0.39, 0.29) is 5.88 Å². The molecule has 3 nitrogen and oxygen atoms in total. The van der Waals surface area contributed by atoms with Gasteiger partial charge in [-0.2, -0.15) is 0 Å². The van der Waals surface area contributed by atoms with Gasteiger partial charge in [0.25, 0.3) is 0 Å². The van der Waals surface area contributed by atoms with E-state index in [1.165, 1.54) is 0 Å². The van der Waals surface area contributed by atoms with Gasteiger partial charge in [-0.05, 0) is 28.1 Å². The summed E-state index contributed by atoms with van der Waals surface area (Å²) < 4.78 is 0.823. The van der Waals surface area contributed by atoms with Crippen molar-refractivity contribution in [2.75, 3.05) is 5.88 Å². The van der Waals surface area contributed by atoms with Crippen LogP contribution in [0.5, 0.6) is 0 Å². The van der Waals surface area contributed by atoms with Gasteiger partial charge in [0.2, 0.25) is 0 Å². The van der Waals surface area contributed by atoms with Crippen LogP contribution in [0.25, 0.3) is 0 Å². The molecule has 0 fully saturated rings. The Labute approximate surface area is 89.5 Å². The summed E-state index contributed by atoms with van der Waals surface area (Å²) >= 11 is 8.60. The molecular weight excluding hydrogens is 257 g/mol. The van der Waals surface area contributed by atoms with Crippen LogP contribution >= 0.6 is 27.5 Å². The van der Waals surface area contributed by atoms with E-state index in [0.717, 1.165) is 4.47 Å². The first-order valence-electron chi connectivity index (χ1n) is 3.68. The molecule has 1 rings (SSSR count). The number of aromatic nitrogens is 1. The van der Waals surface area contributed by atoms with Gasteiger partial charge in [0.05, 0.1) is 17.7 Å². The lowest BCUT2D eigenvalue weighted by atomic mass is 10.1. The zero-order chi connectivity index (χ0) is 9.84. The standard InChI is InChI=1S/C8H9BrClNO2/c9-5-1-2-6(11-4-5)8(13)7(12)3-10/h1-2,4,7-8,12-13H,3H2. The lowest BCUT2D eigenvalue weighted by Crippen LogP contribution is -2.20. The van der Waals surface area contributed by atoms with Gasteiger partial charge >= 0.3 is 0 Å². The molecular formula is C8H9BrClNO2. The molecule has 0 spiro atoms. The highest BCUT2D eigenvalue weighted by Gasteiger charge is 2.17. The van der Waals surface area contributed by atoms with Gasteiger partial charge in [0, 0.05) is 10.7 Å². The van der Waals surface area contributed by atoms with E-state index in [0.29, 0.717) is 5.69 Å². The van der Waals surface area contributed by atoms with Crippen molar-refractivity contribution in [3.05, 3.63) is 28.5 Å². The minimum Gasteiger partial charge on any atom is -0.389 e. The third-order valence-electron chi connectivity index (χ3n) is 1.58. The van der Waals surface area contributed by atoms with Crippen molar-refractivity contribution >= 4 is 27.5 Å². The molecule has 0 radical (unpaired) electrons. The molecule has 5 heteroatoms. The van der Waals surface area contributed by atoms with Crippen molar-refractivity contribution in [2.45, 2.75) is 12.2 Å². The van der Waals surface area contributed by atoms with Crippen LogP contribution in [-0.4, -0.2) is 27.2 Å². The molecule has 13 heavy (non-hydrogen) atoms. The quantitative estimate of drug-likeness (QED) is 0.815. The Bertz CT molecular complexity index is 267. The number of nitrogens with zero attached hydrogens (tertiary/aromatic N) is 1. The van der Waals surface area contributed by atoms with Crippen LogP contribution in [0.2, 0.25) is 0 Å². The maximum atomic E-state index is 9.47. The molecule has 0 aliphatic heterocycles. The fourth-order valence-corrected chi connectivity index (χ4v) is 1.25. The molecule has 2 unspecified atom stereocenters. The largest absolute Gasteiger partial charge is 0.389 e. The third kappa shape index (κ3) is 2.91. The summed E-state index contributed by atoms with van der Waals surface area (Å²) in [5.74, 6) is -0.0150. The lowest BCUT2D eigenvalue weighted by molar-refractivity contribution is 0.0300. The molecule has 1 heterocycles. The fourth-order valence-electron chi connectivity index (χ4n) is 0.844. The van der Waals surface area contributed by atoms with Gasteiger partial charge in [-0.3, -0.25) is 4.98 Å². The summed E-state index contributed by atoms with van der Waals surface area (Å²) in [6, 6.07) is 3.37. The number of hydrogen-bond acceptors (Lipinski definition) is 3. The molecule has 0 bridgehead atoms. The monoisotopic (exact) mass is 265 g/mol. The second-order valence-corrected chi connectivity index (χ2v) is 3.79. The Hall–Kier alpha value is -0.160. The highest BCUT2D eigenvalue weighted by Crippen LogP contribution is 2.17. The van der Waals surface area contributed by atoms with Crippen molar-refractivity contribution in [3.63, 3.8) is 0 Å². The summed E-state index contributed by atoms with van der Waals surface area (Å²) in [5, 5.41) is 18.7. The molecule has 0 aromatic carbocycles. The molecule has 72 valence electrons. The van der Waals surface area contributed by atoms with Crippen LogP contribution in [0.3, 0.4) is 0 Å². The third-order valence-corrected chi connectivity index (χ3v) is 2.36. The lowest BCUT2D eigenvalue weighted by Gasteiger charge is -2.14. The Morgan fingerprint density at radius 1 is 1.46 bits per heavy atom. The molecule has 2 atom stereocenters. The van der Waals surface area contributed by atoms with E-state index in [2.05, 4.69) is 20.9 Å². The van der Waals surface area contributed by atoms with E-state index in [4.69, 9.17) is 11.6 Å². The van der Waals surface area contributed by atoms with Gasteiger partial charge in [0.1, 0.15) is 6.10 Å². The van der Waals surface area contributed by atoms with Crippen molar-refractivity contribution in [1.29, 1.82) is 0 Å². The van der Waals surface area contributed by atoms with Gasteiger partial charge < -0.3 is 10.2 Å². The van der Waals surface area contributed by atoms with E-state index in [1.807, 2.05) is 0 Å². The molecule has 0 saturated heterocycles. The minimum absolute atomic E-state index is 0.0150. The maximum absolute atomic E-state index is 9.47. The number of hydrogen-bond donors (Lipinski definition) is 2. The first-order chi connectivity index (χ1) is 6.15. The van der Waals surface area contributed by atoms with Crippen molar-refractivity contribution < 1.29 is 10.2 Å². The molecule has 0 amide bonds. The topological polar surface area (TPSA) is 53.4 Å². The smallest absolute Gasteiger partial charge is 0.123 e. The fraction of sp³-hybridized carbons (Fsp3) is 0.375. The SMILES string of the molecule is OC(CCl)C(O)c1ccc(Br)cn1. The second-order valence-electron chi connectivity index (χ2n) is 2.57. The van der Waals surface area contributed by atoms with Crippen molar-refractivity contribution in [3.8, 4) is 0 Å². The molecule has 0 aliphatic rings. The summed E-state index contributed by atoms with van der Waals surface area (Å²) in [6.45, 7) is 0. The minimum atomic E-state index is -1.02. The van der Waals surface area contributed by atoms with Crippen molar-refractivity contribution in [2.24, 2.45) is 0 Å². The average Bonchev–Trinajstić information content (AvgIpc) is 2.17. The van der Waals surface area contributed by atoms with Gasteiger partial charge in [-0.15, -0.1) is 11.6 Å². The molecule has 2 N–H and O–H groups in total. The Balaban J connectivity index is 2.77. The Morgan fingerprint density at radius 2 is 2.15 bits per heavy atom. The summed E-state index contributed by atoms with van der Waals surface area (Å²) in [7, 11) is 0. The number of halogens is 2. The van der Waals surface area contributed by atoms with Crippen LogP contribution in [-0.2, 0) is 0 Å². The number of rotatable bonds is 3. The molecule has 1 aromatic rings. The van der Waals surface area contributed by atoms with E-state index in [9.17, 15) is 10.2 Å². The molecule has 0 saturated carbocycles. The van der Waals surface area contributed by atoms with Crippen LogP contribution in [0.4, 0.5) is 0 Å². The first kappa shape index (κ1) is 10.9. The predicted octanol–water partition coefficient (Wildman–Crippen LogP) is 1.48. The number of aliphatic hydroxyl groups excluding tert-OH is 2. The summed E-state index contributed by atoms with van der Waals surface area (Å²) in [5.41, 5.74) is 0.413. The van der Waals surface area contributed by atoms with Crippen molar-refractivity contribution in [1.82, 2.24) is 4.98 Å². The van der Waals surface area contributed by atoms with Gasteiger partial charge in [-0.1, -0.05) is 0 Å². The number of pyridine rings is 1. The van der Waals surface area contributed by atoms with Crippen LogP contribution < -0.4 is 0 Å². The molecule has 1 aromatic heterocycles.